The summed E-state index contributed by atoms with van der Waals surface area (Å²) in [6.45, 7) is 5.11. The van der Waals surface area contributed by atoms with Gasteiger partial charge in [0, 0.05) is 24.2 Å². The van der Waals surface area contributed by atoms with Crippen molar-refractivity contribution >= 4 is 58.1 Å². The minimum absolute atomic E-state index is 0.00571. The lowest BCUT2D eigenvalue weighted by atomic mass is 10.0. The van der Waals surface area contributed by atoms with Crippen molar-refractivity contribution in [3.05, 3.63) is 71.9 Å². The Labute approximate surface area is 295 Å². The van der Waals surface area contributed by atoms with Crippen molar-refractivity contribution in [3.63, 3.8) is 0 Å². The Kier molecular flexibility index (Phi) is 11.8. The van der Waals surface area contributed by atoms with E-state index in [-0.39, 0.29) is 31.2 Å². The summed E-state index contributed by atoms with van der Waals surface area (Å²) in [5.74, 6) is -2.75. The number of aromatic nitrogens is 1. The van der Waals surface area contributed by atoms with Crippen molar-refractivity contribution in [3.8, 4) is 0 Å². The number of carbonyl (C=O) groups excluding carboxylic acids is 6. The number of carbonyl (C=O) groups is 6. The Hall–Kier alpha value is -4.85. The van der Waals surface area contributed by atoms with E-state index in [9.17, 15) is 28.8 Å². The number of aromatic amines is 1. The van der Waals surface area contributed by atoms with Crippen LogP contribution in [0, 0.1) is 5.92 Å². The van der Waals surface area contributed by atoms with E-state index in [1.54, 1.807) is 56.4 Å². The fourth-order valence-corrected chi connectivity index (χ4v) is 6.94. The van der Waals surface area contributed by atoms with Crippen LogP contribution in [0.25, 0.3) is 10.9 Å². The molecule has 0 aliphatic carbocycles. The summed E-state index contributed by atoms with van der Waals surface area (Å²) < 4.78 is 0. The van der Waals surface area contributed by atoms with Gasteiger partial charge in [0.1, 0.15) is 24.2 Å². The van der Waals surface area contributed by atoms with Gasteiger partial charge in [-0.05, 0) is 55.4 Å². The van der Waals surface area contributed by atoms with Gasteiger partial charge < -0.3 is 36.5 Å². The molecule has 50 heavy (non-hydrogen) atoms. The molecule has 1 aromatic heterocycles. The molecular weight excluding hydrogens is 659 g/mol. The summed E-state index contributed by atoms with van der Waals surface area (Å²) >= 11 is 1.52. The van der Waals surface area contributed by atoms with Crippen molar-refractivity contribution in [2.45, 2.75) is 76.3 Å². The number of rotatable bonds is 7. The topological polar surface area (TPSA) is 182 Å². The minimum atomic E-state index is -1.03. The van der Waals surface area contributed by atoms with Gasteiger partial charge in [0.2, 0.25) is 29.5 Å². The predicted molar refractivity (Wildman–Crippen MR) is 191 cm³/mol. The van der Waals surface area contributed by atoms with Crippen LogP contribution in [0.4, 0.5) is 0 Å². The number of amides is 6. The van der Waals surface area contributed by atoms with Crippen LogP contribution in [-0.2, 0) is 24.0 Å². The molecule has 0 radical (unpaired) electrons. The number of hydrogen-bond acceptors (Lipinski definition) is 7. The van der Waals surface area contributed by atoms with Crippen molar-refractivity contribution in [2.24, 2.45) is 5.92 Å². The lowest BCUT2D eigenvalue weighted by molar-refractivity contribution is -0.143. The van der Waals surface area contributed by atoms with E-state index in [2.05, 4.69) is 31.6 Å². The molecule has 13 nitrogen and oxygen atoms in total. The third kappa shape index (κ3) is 8.47. The average Bonchev–Trinajstić information content (AvgIpc) is 3.75. The number of H-pyrrole nitrogens is 1. The van der Waals surface area contributed by atoms with Crippen LogP contribution in [-0.4, -0.2) is 94.1 Å². The number of thioether (sulfide) groups is 1. The smallest absolute Gasteiger partial charge is 0.253 e. The Morgan fingerprint density at radius 3 is 2.40 bits per heavy atom. The highest BCUT2D eigenvalue weighted by Gasteiger charge is 2.44. The maximum Gasteiger partial charge on any atom is 0.253 e. The molecule has 14 heteroatoms. The normalized spacial score (nSPS) is 25.5. The van der Waals surface area contributed by atoms with E-state index >= 15 is 0 Å². The van der Waals surface area contributed by atoms with Crippen LogP contribution in [0.5, 0.6) is 0 Å². The Morgan fingerprint density at radius 2 is 1.68 bits per heavy atom. The zero-order valence-electron chi connectivity index (χ0n) is 28.7. The molecule has 266 valence electrons. The highest BCUT2D eigenvalue weighted by atomic mass is 32.2. The monoisotopic (exact) mass is 703 g/mol. The predicted octanol–water partition coefficient (Wildman–Crippen LogP) is 2.01. The minimum Gasteiger partial charge on any atom is -0.361 e. The zero-order valence-corrected chi connectivity index (χ0v) is 29.5. The van der Waals surface area contributed by atoms with Crippen molar-refractivity contribution in [1.82, 2.24) is 36.5 Å². The van der Waals surface area contributed by atoms with Crippen LogP contribution < -0.4 is 26.6 Å². The molecule has 0 spiro atoms. The third-order valence-electron chi connectivity index (χ3n) is 9.21. The quantitative estimate of drug-likeness (QED) is 0.218. The van der Waals surface area contributed by atoms with Crippen LogP contribution in [0.1, 0.15) is 62.0 Å². The van der Waals surface area contributed by atoms with Gasteiger partial charge in [-0.2, -0.15) is 11.8 Å². The van der Waals surface area contributed by atoms with E-state index in [1.807, 2.05) is 24.5 Å². The van der Waals surface area contributed by atoms with Crippen LogP contribution in [0.2, 0.25) is 0 Å². The molecule has 3 heterocycles. The third-order valence-corrected chi connectivity index (χ3v) is 9.85. The van der Waals surface area contributed by atoms with E-state index < -0.39 is 65.8 Å². The molecule has 2 aliphatic rings. The Morgan fingerprint density at radius 1 is 0.920 bits per heavy atom. The Balaban J connectivity index is 1.46. The Bertz CT molecular complexity index is 1730. The first kappa shape index (κ1) is 36.4. The second kappa shape index (κ2) is 16.2. The van der Waals surface area contributed by atoms with Crippen molar-refractivity contribution < 1.29 is 28.8 Å². The first-order chi connectivity index (χ1) is 24.0. The summed E-state index contributed by atoms with van der Waals surface area (Å²) in [6.07, 6.45) is 3.89. The van der Waals surface area contributed by atoms with Gasteiger partial charge in [-0.25, -0.2) is 0 Å². The summed E-state index contributed by atoms with van der Waals surface area (Å²) in [7, 11) is 0. The van der Waals surface area contributed by atoms with Gasteiger partial charge in [0.15, 0.2) is 0 Å². The van der Waals surface area contributed by atoms with Crippen LogP contribution >= 0.6 is 11.8 Å². The first-order valence-electron chi connectivity index (χ1n) is 16.9. The van der Waals surface area contributed by atoms with Crippen molar-refractivity contribution in [2.75, 3.05) is 18.6 Å². The number of para-hydroxylation sites is 1. The first-order valence-corrected chi connectivity index (χ1v) is 18.3. The molecule has 5 rings (SSSR count). The van der Waals surface area contributed by atoms with Gasteiger partial charge in [-0.1, -0.05) is 56.3 Å². The van der Waals surface area contributed by atoms with E-state index in [0.29, 0.717) is 28.8 Å². The molecule has 2 saturated heterocycles. The molecule has 2 aromatic carbocycles. The molecule has 6 N–H and O–H groups in total. The second-order valence-corrected chi connectivity index (χ2v) is 14.2. The molecule has 6 amide bonds. The molecule has 3 aromatic rings. The maximum atomic E-state index is 14.3. The number of fused-ring (bicyclic) bond motifs is 2. The number of nitrogens with zero attached hydrogens (tertiary/aromatic N) is 1. The molecule has 0 bridgehead atoms. The maximum absolute atomic E-state index is 14.3. The van der Waals surface area contributed by atoms with E-state index in [1.165, 1.54) is 23.6 Å². The summed E-state index contributed by atoms with van der Waals surface area (Å²) in [6, 6.07) is 10.9. The van der Waals surface area contributed by atoms with Gasteiger partial charge in [-0.15, -0.1) is 0 Å². The zero-order chi connectivity index (χ0) is 35.9. The highest BCUT2D eigenvalue weighted by Crippen LogP contribution is 2.24. The highest BCUT2D eigenvalue weighted by molar-refractivity contribution is 7.98. The standard InChI is InChI=1S/C36H45N7O6S/c1-20(2)30-36(49)43-19-24(39-33(46)25-12-8-11-23-13-15-37-31(23)25)17-28(43)35(48)38-21(3)32(45)41-27(22-9-6-5-7-10-22)18-29(44)40-26(14-16-50-4)34(47)42-30/h5-13,15,20-21,24,26-28,30,37H,14,16-19H2,1-4H3,(H,38,48)(H,39,46)(H,40,44)(H,41,45)(H,42,47)/t21-,24-,26-,27-,28-,30-/m0/s1. The lowest BCUT2D eigenvalue weighted by Gasteiger charge is -2.32. The summed E-state index contributed by atoms with van der Waals surface area (Å²) in [4.78, 5) is 86.7. The molecule has 0 saturated carbocycles. The summed E-state index contributed by atoms with van der Waals surface area (Å²) in [5, 5.41) is 15.2. The fraction of sp³-hybridized carbons (Fsp3) is 0.444. The fourth-order valence-electron chi connectivity index (χ4n) is 6.47. The van der Waals surface area contributed by atoms with Crippen molar-refractivity contribution in [1.29, 1.82) is 0 Å². The van der Waals surface area contributed by atoms with Gasteiger partial charge in [0.25, 0.3) is 5.91 Å². The van der Waals surface area contributed by atoms with E-state index in [4.69, 9.17) is 0 Å². The SMILES string of the molecule is CSCC[C@@H]1NC(=O)C[C@@H](c2ccccc2)NC(=O)[C@H](C)NC(=O)[C@@H]2C[C@H](NC(=O)c3cccc4cc[nH]c34)CN2C(=O)[C@H](C(C)C)NC1=O. The molecule has 2 fully saturated rings. The molecule has 6 atom stereocenters. The number of benzene rings is 2. The van der Waals surface area contributed by atoms with Crippen LogP contribution in [0.3, 0.4) is 0 Å². The largest absolute Gasteiger partial charge is 0.361 e. The molecule has 0 unspecified atom stereocenters. The average molecular weight is 704 g/mol. The number of nitrogens with one attached hydrogen (secondary N) is 6. The lowest BCUT2D eigenvalue weighted by Crippen LogP contribution is -2.59. The van der Waals surface area contributed by atoms with Gasteiger partial charge in [0.05, 0.1) is 23.5 Å². The van der Waals surface area contributed by atoms with Gasteiger partial charge >= 0.3 is 0 Å². The number of hydrogen-bond donors (Lipinski definition) is 6. The second-order valence-electron chi connectivity index (χ2n) is 13.2. The van der Waals surface area contributed by atoms with Crippen LogP contribution in [0.15, 0.2) is 60.8 Å². The summed E-state index contributed by atoms with van der Waals surface area (Å²) in [5.41, 5.74) is 1.77. The van der Waals surface area contributed by atoms with Gasteiger partial charge in [-0.3, -0.25) is 28.8 Å². The van der Waals surface area contributed by atoms with E-state index in [0.717, 1.165) is 5.39 Å². The molecular formula is C36H45N7O6S. The molecule has 2 aliphatic heterocycles.